The first-order valence-electron chi connectivity index (χ1n) is 7.86. The highest BCUT2D eigenvalue weighted by atomic mass is 35.5. The summed E-state index contributed by atoms with van der Waals surface area (Å²) >= 11 is 24.1. The Kier molecular flexibility index (Phi) is 6.55. The molecule has 0 unspecified atom stereocenters. The average Bonchev–Trinajstić information content (AvgIpc) is 2.61. The van der Waals surface area contributed by atoms with E-state index in [1.54, 1.807) is 24.3 Å². The Balaban J connectivity index is 1.56. The van der Waals surface area contributed by atoms with Crippen LogP contribution in [0.25, 0.3) is 0 Å². The molecule has 0 amide bonds. The van der Waals surface area contributed by atoms with Gasteiger partial charge in [-0.05, 0) is 48.0 Å². The fraction of sp³-hybridized carbons (Fsp3) is 0.100. The highest BCUT2D eigenvalue weighted by molar-refractivity contribution is 6.36. The maximum absolute atomic E-state index is 6.16. The van der Waals surface area contributed by atoms with Crippen LogP contribution in [0.3, 0.4) is 0 Å². The van der Waals surface area contributed by atoms with Crippen molar-refractivity contribution in [3.8, 4) is 5.75 Å². The maximum atomic E-state index is 6.16. The van der Waals surface area contributed by atoms with Crippen LogP contribution in [0.2, 0.25) is 20.1 Å². The molecular weight excluding hydrogens is 412 g/mol. The molecule has 0 aliphatic rings. The highest BCUT2D eigenvalue weighted by Gasteiger charge is 2.04. The van der Waals surface area contributed by atoms with Crippen molar-refractivity contribution in [1.82, 2.24) is 0 Å². The second-order valence-electron chi connectivity index (χ2n) is 5.65. The lowest BCUT2D eigenvalue weighted by atomic mass is 10.2. The third-order valence-corrected chi connectivity index (χ3v) is 4.88. The number of benzene rings is 3. The predicted molar refractivity (Wildman–Crippen MR) is 111 cm³/mol. The Morgan fingerprint density at radius 2 is 1.38 bits per heavy atom. The highest BCUT2D eigenvalue weighted by Crippen LogP contribution is 2.26. The van der Waals surface area contributed by atoms with Crippen molar-refractivity contribution < 1.29 is 4.74 Å². The second-order valence-corrected chi connectivity index (χ2v) is 7.33. The molecule has 0 aliphatic carbocycles. The van der Waals surface area contributed by atoms with Crippen molar-refractivity contribution in [3.05, 3.63) is 91.9 Å². The van der Waals surface area contributed by atoms with E-state index in [1.807, 2.05) is 36.4 Å². The summed E-state index contributed by atoms with van der Waals surface area (Å²) in [5.74, 6) is 0.768. The van der Waals surface area contributed by atoms with Crippen molar-refractivity contribution in [2.24, 2.45) is 0 Å². The molecule has 0 atom stereocenters. The van der Waals surface area contributed by atoms with E-state index in [1.165, 1.54) is 0 Å². The smallest absolute Gasteiger partial charge is 0.119 e. The summed E-state index contributed by atoms with van der Waals surface area (Å²) < 4.78 is 5.78. The molecule has 0 saturated carbocycles. The first kappa shape index (κ1) is 19.2. The first-order valence-corrected chi connectivity index (χ1v) is 9.37. The SMILES string of the molecule is Clc1ccc(COc2ccc(CNc3ccc(Cl)cc3Cl)cc2)c(Cl)c1. The number of ether oxygens (including phenoxy) is 1. The monoisotopic (exact) mass is 425 g/mol. The number of hydrogen-bond acceptors (Lipinski definition) is 2. The lowest BCUT2D eigenvalue weighted by Gasteiger charge is -2.11. The van der Waals surface area contributed by atoms with Crippen molar-refractivity contribution in [2.75, 3.05) is 5.32 Å². The number of hydrogen-bond donors (Lipinski definition) is 1. The van der Waals surface area contributed by atoms with Crippen LogP contribution in [-0.4, -0.2) is 0 Å². The average molecular weight is 427 g/mol. The van der Waals surface area contributed by atoms with Gasteiger partial charge in [-0.1, -0.05) is 64.6 Å². The number of nitrogens with one attached hydrogen (secondary N) is 1. The van der Waals surface area contributed by atoms with Gasteiger partial charge in [-0.25, -0.2) is 0 Å². The summed E-state index contributed by atoms with van der Waals surface area (Å²) in [6, 6.07) is 18.6. The summed E-state index contributed by atoms with van der Waals surface area (Å²) in [4.78, 5) is 0. The molecule has 6 heteroatoms. The van der Waals surface area contributed by atoms with Gasteiger partial charge in [0.15, 0.2) is 0 Å². The topological polar surface area (TPSA) is 21.3 Å². The Bertz CT molecular complexity index is 822. The molecule has 0 aliphatic heterocycles. The third-order valence-electron chi connectivity index (χ3n) is 3.75. The minimum Gasteiger partial charge on any atom is -0.489 e. The Hall–Kier alpha value is -1.58. The van der Waals surface area contributed by atoms with Crippen molar-refractivity contribution in [1.29, 1.82) is 0 Å². The number of rotatable bonds is 6. The molecule has 3 rings (SSSR count). The van der Waals surface area contributed by atoms with Gasteiger partial charge in [-0.2, -0.15) is 0 Å². The number of halogens is 4. The van der Waals surface area contributed by atoms with Crippen molar-refractivity contribution in [3.63, 3.8) is 0 Å². The van der Waals surface area contributed by atoms with E-state index < -0.39 is 0 Å². The van der Waals surface area contributed by atoms with Crippen LogP contribution in [0.1, 0.15) is 11.1 Å². The van der Waals surface area contributed by atoms with E-state index in [4.69, 9.17) is 51.1 Å². The van der Waals surface area contributed by atoms with Gasteiger partial charge in [0, 0.05) is 27.2 Å². The van der Waals surface area contributed by atoms with Crippen LogP contribution >= 0.6 is 46.4 Å². The molecule has 1 N–H and O–H groups in total. The molecular formula is C20H15Cl4NO. The van der Waals surface area contributed by atoms with Gasteiger partial charge in [-0.15, -0.1) is 0 Å². The quantitative estimate of drug-likeness (QED) is 0.440. The molecule has 0 fully saturated rings. The van der Waals surface area contributed by atoms with Gasteiger partial charge in [0.1, 0.15) is 12.4 Å². The zero-order chi connectivity index (χ0) is 18.5. The summed E-state index contributed by atoms with van der Waals surface area (Å²) in [7, 11) is 0. The van der Waals surface area contributed by atoms with Gasteiger partial charge in [-0.3, -0.25) is 0 Å². The van der Waals surface area contributed by atoms with Gasteiger partial charge in [0.2, 0.25) is 0 Å². The first-order chi connectivity index (χ1) is 12.5. The van der Waals surface area contributed by atoms with E-state index >= 15 is 0 Å². The van der Waals surface area contributed by atoms with E-state index in [2.05, 4.69) is 5.32 Å². The van der Waals surface area contributed by atoms with Crippen LogP contribution in [0, 0.1) is 0 Å². The molecule has 0 radical (unpaired) electrons. The summed E-state index contributed by atoms with van der Waals surface area (Å²) in [5.41, 5.74) is 2.83. The Morgan fingerprint density at radius 1 is 0.731 bits per heavy atom. The molecule has 26 heavy (non-hydrogen) atoms. The van der Waals surface area contributed by atoms with Crippen LogP contribution < -0.4 is 10.1 Å². The van der Waals surface area contributed by atoms with E-state index in [0.29, 0.717) is 33.2 Å². The third kappa shape index (κ3) is 5.21. The zero-order valence-corrected chi connectivity index (χ0v) is 16.6. The Labute approximate surface area is 172 Å². The fourth-order valence-electron chi connectivity index (χ4n) is 2.33. The van der Waals surface area contributed by atoms with Crippen molar-refractivity contribution in [2.45, 2.75) is 13.2 Å². The van der Waals surface area contributed by atoms with Gasteiger partial charge in [0.05, 0.1) is 10.7 Å². The van der Waals surface area contributed by atoms with E-state index in [9.17, 15) is 0 Å². The summed E-state index contributed by atoms with van der Waals surface area (Å²) in [6.45, 7) is 1.03. The van der Waals surface area contributed by atoms with Gasteiger partial charge < -0.3 is 10.1 Å². The zero-order valence-electron chi connectivity index (χ0n) is 13.6. The predicted octanol–water partition coefficient (Wildman–Crippen LogP) is 7.49. The minimum atomic E-state index is 0.383. The maximum Gasteiger partial charge on any atom is 0.119 e. The molecule has 3 aromatic rings. The van der Waals surface area contributed by atoms with Gasteiger partial charge in [0.25, 0.3) is 0 Å². The number of anilines is 1. The summed E-state index contributed by atoms with van der Waals surface area (Å²) in [5, 5.41) is 5.70. The van der Waals surface area contributed by atoms with Gasteiger partial charge >= 0.3 is 0 Å². The molecule has 0 saturated heterocycles. The molecule has 134 valence electrons. The largest absolute Gasteiger partial charge is 0.489 e. The molecule has 0 aromatic heterocycles. The molecule has 2 nitrogen and oxygen atoms in total. The van der Waals surface area contributed by atoms with E-state index in [-0.39, 0.29) is 0 Å². The standard InChI is InChI=1S/C20H15Cl4NO/c21-15-4-3-14(18(23)9-15)12-26-17-6-1-13(2-7-17)11-25-20-8-5-16(22)10-19(20)24/h1-10,25H,11-12H2. The second kappa shape index (κ2) is 8.88. The minimum absolute atomic E-state index is 0.383. The lowest BCUT2D eigenvalue weighted by Crippen LogP contribution is -2.00. The lowest BCUT2D eigenvalue weighted by molar-refractivity contribution is 0.306. The Morgan fingerprint density at radius 3 is 2.04 bits per heavy atom. The normalized spacial score (nSPS) is 10.6. The van der Waals surface area contributed by atoms with Crippen LogP contribution in [0.15, 0.2) is 60.7 Å². The fourth-order valence-corrected chi connectivity index (χ4v) is 3.27. The van der Waals surface area contributed by atoms with Crippen LogP contribution in [-0.2, 0) is 13.2 Å². The van der Waals surface area contributed by atoms with Crippen LogP contribution in [0.5, 0.6) is 5.75 Å². The summed E-state index contributed by atoms with van der Waals surface area (Å²) in [6.07, 6.45) is 0. The van der Waals surface area contributed by atoms with Crippen LogP contribution in [0.4, 0.5) is 5.69 Å². The molecule has 3 aromatic carbocycles. The molecule has 0 heterocycles. The van der Waals surface area contributed by atoms with Crippen molar-refractivity contribution >= 4 is 52.1 Å². The molecule has 0 bridgehead atoms. The van der Waals surface area contributed by atoms with E-state index in [0.717, 1.165) is 22.6 Å². The molecule has 0 spiro atoms.